The summed E-state index contributed by atoms with van der Waals surface area (Å²) in [4.78, 5) is 11.5. The molecule has 0 saturated carbocycles. The number of hydrogen-bond donors (Lipinski definition) is 0. The van der Waals surface area contributed by atoms with Gasteiger partial charge in [0, 0.05) is 0 Å². The second kappa shape index (κ2) is 4.94. The number of ether oxygens (including phenoxy) is 1. The highest BCUT2D eigenvalue weighted by molar-refractivity contribution is 8.01. The Morgan fingerprint density at radius 2 is 2.12 bits per heavy atom. The van der Waals surface area contributed by atoms with Gasteiger partial charge in [0.1, 0.15) is 13.2 Å². The molecule has 0 amide bonds. The summed E-state index contributed by atoms with van der Waals surface area (Å²) in [6.45, 7) is 5.35. The van der Waals surface area contributed by atoms with Gasteiger partial charge in [-0.1, -0.05) is 18.7 Å². The van der Waals surface area contributed by atoms with E-state index in [9.17, 15) is 4.79 Å². The molecule has 0 aliphatic carbocycles. The molecule has 1 fully saturated rings. The van der Waals surface area contributed by atoms with E-state index in [4.69, 9.17) is 4.74 Å². The fourth-order valence-corrected chi connectivity index (χ4v) is 2.35. The first kappa shape index (κ1) is 13.8. The Kier molecular flexibility index (Phi) is 4.26. The largest absolute Gasteiger partial charge is 0.636 e. The van der Waals surface area contributed by atoms with Crippen molar-refractivity contribution in [1.82, 2.24) is 0 Å². The monoisotopic (exact) mass is 246 g/mol. The standard InChI is InChI=1S/C11H22N2O2S/c1-11(2)12-9(8-16-11)10(14)15-7-6-13(3,4)5/h9H,6-8H2,1-5H3. The van der Waals surface area contributed by atoms with Crippen molar-refractivity contribution in [3.05, 3.63) is 5.32 Å². The molecule has 4 nitrogen and oxygen atoms in total. The third kappa shape index (κ3) is 4.72. The van der Waals surface area contributed by atoms with Crippen LogP contribution in [0.4, 0.5) is 0 Å². The molecular weight excluding hydrogens is 224 g/mol. The molecule has 0 aromatic carbocycles. The predicted octanol–water partition coefficient (Wildman–Crippen LogP) is 1.46. The molecule has 0 aromatic heterocycles. The van der Waals surface area contributed by atoms with Gasteiger partial charge in [-0.05, 0) is 11.8 Å². The van der Waals surface area contributed by atoms with E-state index in [1.165, 1.54) is 0 Å². The topological polar surface area (TPSA) is 40.4 Å². The average molecular weight is 246 g/mol. The third-order valence-corrected chi connectivity index (χ3v) is 3.63. The van der Waals surface area contributed by atoms with Crippen molar-refractivity contribution < 1.29 is 14.0 Å². The van der Waals surface area contributed by atoms with Gasteiger partial charge in [-0.3, -0.25) is 4.79 Å². The lowest BCUT2D eigenvalue weighted by Crippen LogP contribution is -2.38. The van der Waals surface area contributed by atoms with Gasteiger partial charge in [-0.2, -0.15) is 11.8 Å². The van der Waals surface area contributed by atoms with Gasteiger partial charge in [-0.25, -0.2) is 0 Å². The first-order chi connectivity index (χ1) is 7.20. The lowest BCUT2D eigenvalue weighted by Gasteiger charge is -2.34. The van der Waals surface area contributed by atoms with Gasteiger partial charge < -0.3 is 14.5 Å². The van der Waals surface area contributed by atoms with Crippen LogP contribution in [0.15, 0.2) is 0 Å². The van der Waals surface area contributed by atoms with E-state index in [1.54, 1.807) is 11.8 Å². The molecule has 1 heterocycles. The van der Waals surface area contributed by atoms with Crippen molar-refractivity contribution in [1.29, 1.82) is 0 Å². The maximum Gasteiger partial charge on any atom is 0.289 e. The molecule has 16 heavy (non-hydrogen) atoms. The zero-order chi connectivity index (χ0) is 12.4. The minimum absolute atomic E-state index is 0.135. The number of nitrogens with zero attached hydrogens (tertiary/aromatic N) is 2. The molecular formula is C11H22N2O2S. The zero-order valence-corrected chi connectivity index (χ0v) is 11.6. The van der Waals surface area contributed by atoms with E-state index in [0.717, 1.165) is 16.8 Å². The van der Waals surface area contributed by atoms with Gasteiger partial charge >= 0.3 is 0 Å². The molecule has 1 aliphatic rings. The highest BCUT2D eigenvalue weighted by Gasteiger charge is 2.24. The first-order valence-electron chi connectivity index (χ1n) is 5.53. The van der Waals surface area contributed by atoms with Crippen LogP contribution in [0.5, 0.6) is 0 Å². The van der Waals surface area contributed by atoms with Crippen LogP contribution in [0.2, 0.25) is 0 Å². The van der Waals surface area contributed by atoms with E-state index in [2.05, 4.69) is 26.5 Å². The van der Waals surface area contributed by atoms with Gasteiger partial charge in [-0.15, -0.1) is 0 Å². The zero-order valence-electron chi connectivity index (χ0n) is 10.8. The van der Waals surface area contributed by atoms with Gasteiger partial charge in [0.2, 0.25) is 0 Å². The fraction of sp³-hybridized carbons (Fsp3) is 0.909. The van der Waals surface area contributed by atoms with Crippen molar-refractivity contribution in [3.63, 3.8) is 0 Å². The summed E-state index contributed by atoms with van der Waals surface area (Å²) in [6.07, 6.45) is 0. The number of thioether (sulfide) groups is 1. The minimum atomic E-state index is -0.271. The maximum absolute atomic E-state index is 11.7. The Morgan fingerprint density at radius 3 is 2.56 bits per heavy atom. The molecule has 94 valence electrons. The third-order valence-electron chi connectivity index (χ3n) is 2.34. The average Bonchev–Trinajstić information content (AvgIpc) is 2.43. The number of hydrogen-bond acceptors (Lipinski definition) is 3. The van der Waals surface area contributed by atoms with Gasteiger partial charge in [0.15, 0.2) is 0 Å². The smallest absolute Gasteiger partial charge is 0.289 e. The summed E-state index contributed by atoms with van der Waals surface area (Å²) in [6, 6.07) is -0.271. The normalized spacial score (nSPS) is 24.4. The number of carbonyl (C=O) groups excluding carboxylic acids is 1. The summed E-state index contributed by atoms with van der Waals surface area (Å²) in [5, 5.41) is 4.42. The Hall–Kier alpha value is -0.260. The highest BCUT2D eigenvalue weighted by atomic mass is 32.2. The molecule has 0 N–H and O–H groups in total. The summed E-state index contributed by atoms with van der Waals surface area (Å²) < 4.78 is 6.03. The quantitative estimate of drug-likeness (QED) is 0.557. The summed E-state index contributed by atoms with van der Waals surface area (Å²) >= 11 is 1.70. The van der Waals surface area contributed by atoms with Crippen molar-refractivity contribution >= 4 is 17.7 Å². The van der Waals surface area contributed by atoms with E-state index >= 15 is 0 Å². The Morgan fingerprint density at radius 1 is 1.50 bits per heavy atom. The molecule has 0 spiro atoms. The number of carbonyl (C=O) groups is 1. The van der Waals surface area contributed by atoms with Gasteiger partial charge in [0.25, 0.3) is 5.97 Å². The second-order valence-electron chi connectivity index (χ2n) is 5.58. The number of quaternary nitrogens is 1. The van der Waals surface area contributed by atoms with Gasteiger partial charge in [0.05, 0.1) is 21.1 Å². The Bertz CT molecular complexity index is 261. The van der Waals surface area contributed by atoms with E-state index in [1.807, 2.05) is 13.8 Å². The molecule has 1 aliphatic heterocycles. The van der Waals surface area contributed by atoms with E-state index in [0.29, 0.717) is 6.61 Å². The lowest BCUT2D eigenvalue weighted by molar-refractivity contribution is -0.870. The van der Waals surface area contributed by atoms with Crippen LogP contribution in [-0.4, -0.2) is 61.4 Å². The predicted molar refractivity (Wildman–Crippen MR) is 67.5 cm³/mol. The molecule has 0 aromatic rings. The van der Waals surface area contributed by atoms with Crippen LogP contribution in [0.3, 0.4) is 0 Å². The SMILES string of the molecule is CC1(C)[N-]C(C(=O)OCC[N+](C)(C)C)CS1. The molecule has 0 radical (unpaired) electrons. The van der Waals surface area contributed by atoms with Crippen LogP contribution < -0.4 is 0 Å². The number of rotatable bonds is 4. The molecule has 1 saturated heterocycles. The highest BCUT2D eigenvalue weighted by Crippen LogP contribution is 2.40. The van der Waals surface area contributed by atoms with Crippen LogP contribution in [0.1, 0.15) is 13.8 Å². The van der Waals surface area contributed by atoms with Crippen LogP contribution in [0.25, 0.3) is 5.32 Å². The molecule has 1 rings (SSSR count). The van der Waals surface area contributed by atoms with E-state index < -0.39 is 0 Å². The van der Waals surface area contributed by atoms with Crippen molar-refractivity contribution in [2.45, 2.75) is 24.8 Å². The summed E-state index contributed by atoms with van der Waals surface area (Å²) in [5.74, 6) is 0.572. The number of likely N-dealkylation sites (N-methyl/N-ethyl adjacent to an activating group) is 1. The Labute approximate surface area is 102 Å². The maximum atomic E-state index is 11.7. The minimum Gasteiger partial charge on any atom is -0.636 e. The summed E-state index contributed by atoms with van der Waals surface area (Å²) in [5.41, 5.74) is 0. The Balaban J connectivity index is 2.27. The second-order valence-corrected chi connectivity index (χ2v) is 7.21. The molecule has 1 unspecified atom stereocenters. The lowest BCUT2D eigenvalue weighted by atomic mass is 10.3. The number of esters is 1. The molecule has 1 atom stereocenters. The van der Waals surface area contributed by atoms with Crippen LogP contribution in [0, 0.1) is 0 Å². The van der Waals surface area contributed by atoms with Crippen molar-refractivity contribution in [3.8, 4) is 0 Å². The van der Waals surface area contributed by atoms with Crippen molar-refractivity contribution in [2.24, 2.45) is 0 Å². The molecule has 0 bridgehead atoms. The van der Waals surface area contributed by atoms with Crippen LogP contribution in [-0.2, 0) is 9.53 Å². The molecule has 5 heteroatoms. The van der Waals surface area contributed by atoms with Crippen LogP contribution >= 0.6 is 11.8 Å². The van der Waals surface area contributed by atoms with E-state index in [-0.39, 0.29) is 16.9 Å². The fourth-order valence-electron chi connectivity index (χ4n) is 1.37. The first-order valence-corrected chi connectivity index (χ1v) is 6.51. The van der Waals surface area contributed by atoms with Crippen molar-refractivity contribution in [2.75, 3.05) is 40.0 Å². The summed E-state index contributed by atoms with van der Waals surface area (Å²) in [7, 11) is 6.23.